The number of methoxy groups -OCH3 is 1. The molecule has 7 heteroatoms. The van der Waals surface area contributed by atoms with Crippen LogP contribution in [0.25, 0.3) is 0 Å². The number of nitrogens with one attached hydrogen (secondary N) is 2. The lowest BCUT2D eigenvalue weighted by Crippen LogP contribution is -2.30. The summed E-state index contributed by atoms with van der Waals surface area (Å²) < 4.78 is 4.87. The number of nitrogens with zero attached hydrogens (tertiary/aromatic N) is 1. The first kappa shape index (κ1) is 18.9. The molecule has 2 rings (SSSR count). The van der Waals surface area contributed by atoms with Crippen molar-refractivity contribution < 1.29 is 14.3 Å². The molecule has 1 heterocycles. The molecule has 1 aromatic heterocycles. The molecule has 25 heavy (non-hydrogen) atoms. The molecule has 0 radical (unpaired) electrons. The Morgan fingerprint density at radius 3 is 2.20 bits per heavy atom. The van der Waals surface area contributed by atoms with Crippen LogP contribution in [-0.2, 0) is 11.2 Å². The Balaban J connectivity index is 1.87. The maximum Gasteiger partial charge on any atom is 0.269 e. The summed E-state index contributed by atoms with van der Waals surface area (Å²) in [6.45, 7) is 1.26. The van der Waals surface area contributed by atoms with Gasteiger partial charge in [-0.15, -0.1) is 0 Å². The molecule has 0 aliphatic heterocycles. The number of hydrogen-bond donors (Lipinski definition) is 2. The maximum atomic E-state index is 12.2. The van der Waals surface area contributed by atoms with Gasteiger partial charge in [-0.3, -0.25) is 9.59 Å². The van der Waals surface area contributed by atoms with Gasteiger partial charge in [0.05, 0.1) is 6.61 Å². The number of hydrogen-bond acceptors (Lipinski definition) is 4. The molecular formula is C18H20ClN3O3. The van der Waals surface area contributed by atoms with Crippen LogP contribution >= 0.6 is 11.6 Å². The predicted octanol–water partition coefficient (Wildman–Crippen LogP) is 2.08. The Morgan fingerprint density at radius 2 is 1.60 bits per heavy atom. The number of halogens is 1. The van der Waals surface area contributed by atoms with E-state index in [0.717, 1.165) is 5.56 Å². The third-order valence-electron chi connectivity index (χ3n) is 3.42. The smallest absolute Gasteiger partial charge is 0.269 e. The average molecular weight is 362 g/mol. The first-order chi connectivity index (χ1) is 12.1. The monoisotopic (exact) mass is 361 g/mol. The predicted molar refractivity (Wildman–Crippen MR) is 95.9 cm³/mol. The van der Waals surface area contributed by atoms with Crippen molar-refractivity contribution in [2.45, 2.75) is 6.42 Å². The van der Waals surface area contributed by atoms with Crippen LogP contribution in [0, 0.1) is 0 Å². The van der Waals surface area contributed by atoms with Gasteiger partial charge in [-0.25, -0.2) is 4.98 Å². The van der Waals surface area contributed by atoms with Gasteiger partial charge in [0.15, 0.2) is 0 Å². The molecule has 0 atom stereocenters. The molecule has 0 aliphatic rings. The van der Waals surface area contributed by atoms with E-state index in [2.05, 4.69) is 15.6 Å². The van der Waals surface area contributed by atoms with Crippen molar-refractivity contribution in [3.05, 3.63) is 64.4 Å². The van der Waals surface area contributed by atoms with Crippen LogP contribution in [0.5, 0.6) is 0 Å². The van der Waals surface area contributed by atoms with Gasteiger partial charge in [-0.1, -0.05) is 29.8 Å². The van der Waals surface area contributed by atoms with Gasteiger partial charge in [0.2, 0.25) is 0 Å². The van der Waals surface area contributed by atoms with Gasteiger partial charge in [-0.05, 0) is 36.2 Å². The van der Waals surface area contributed by atoms with Gasteiger partial charge in [0.1, 0.15) is 11.4 Å². The zero-order valence-electron chi connectivity index (χ0n) is 13.9. The highest BCUT2D eigenvalue weighted by Gasteiger charge is 2.11. The zero-order chi connectivity index (χ0) is 18.1. The second kappa shape index (κ2) is 9.76. The number of aromatic nitrogens is 1. The summed E-state index contributed by atoms with van der Waals surface area (Å²) in [6, 6.07) is 12.2. The van der Waals surface area contributed by atoms with Crippen LogP contribution in [0.4, 0.5) is 0 Å². The van der Waals surface area contributed by atoms with E-state index >= 15 is 0 Å². The standard InChI is InChI=1S/C18H20ClN3O3/c1-25-12-11-21-18(24)16-4-2-3-15(22-16)17(23)20-10-9-13-5-7-14(19)8-6-13/h2-8H,9-12H2,1H3,(H,20,23)(H,21,24). The van der Waals surface area contributed by atoms with Crippen molar-refractivity contribution in [2.75, 3.05) is 26.8 Å². The van der Waals surface area contributed by atoms with Crippen LogP contribution < -0.4 is 10.6 Å². The molecule has 2 N–H and O–H groups in total. The summed E-state index contributed by atoms with van der Waals surface area (Å²) in [4.78, 5) is 28.2. The Hall–Kier alpha value is -2.44. The highest BCUT2D eigenvalue weighted by Crippen LogP contribution is 2.09. The third-order valence-corrected chi connectivity index (χ3v) is 3.67. The normalized spacial score (nSPS) is 10.3. The molecule has 2 amide bonds. The number of carbonyl (C=O) groups excluding carboxylic acids is 2. The molecule has 0 spiro atoms. The molecule has 0 unspecified atom stereocenters. The van der Waals surface area contributed by atoms with Crippen LogP contribution in [0.3, 0.4) is 0 Å². The Morgan fingerprint density at radius 1 is 1.00 bits per heavy atom. The minimum absolute atomic E-state index is 0.196. The molecule has 132 valence electrons. The Labute approximate surface area is 151 Å². The van der Waals surface area contributed by atoms with Gasteiger partial charge >= 0.3 is 0 Å². The van der Waals surface area contributed by atoms with Crippen LogP contribution in [0.2, 0.25) is 5.02 Å². The van der Waals surface area contributed by atoms with Gasteiger partial charge in [-0.2, -0.15) is 0 Å². The molecule has 0 saturated carbocycles. The molecule has 0 fully saturated rings. The third kappa shape index (κ3) is 6.17. The number of pyridine rings is 1. The van der Waals surface area contributed by atoms with Crippen molar-refractivity contribution in [3.8, 4) is 0 Å². The highest BCUT2D eigenvalue weighted by atomic mass is 35.5. The maximum absolute atomic E-state index is 12.2. The van der Waals surface area contributed by atoms with Crippen molar-refractivity contribution in [3.63, 3.8) is 0 Å². The SMILES string of the molecule is COCCNC(=O)c1cccc(C(=O)NCCc2ccc(Cl)cc2)n1. The number of carbonyl (C=O) groups is 2. The van der Waals surface area contributed by atoms with Crippen molar-refractivity contribution in [1.82, 2.24) is 15.6 Å². The Kier molecular flexibility index (Phi) is 7.37. The summed E-state index contributed by atoms with van der Waals surface area (Å²) >= 11 is 5.84. The molecule has 0 saturated heterocycles. The lowest BCUT2D eigenvalue weighted by atomic mass is 10.1. The lowest BCUT2D eigenvalue weighted by molar-refractivity contribution is 0.0931. The zero-order valence-corrected chi connectivity index (χ0v) is 14.7. The first-order valence-corrected chi connectivity index (χ1v) is 8.25. The largest absolute Gasteiger partial charge is 0.383 e. The van der Waals surface area contributed by atoms with E-state index in [0.29, 0.717) is 31.1 Å². The van der Waals surface area contributed by atoms with E-state index in [1.54, 1.807) is 25.3 Å². The average Bonchev–Trinajstić information content (AvgIpc) is 2.63. The summed E-state index contributed by atoms with van der Waals surface area (Å²) in [5.41, 5.74) is 1.47. The number of ether oxygens (including phenoxy) is 1. The van der Waals surface area contributed by atoms with E-state index in [1.165, 1.54) is 0 Å². The fraction of sp³-hybridized carbons (Fsp3) is 0.278. The van der Waals surface area contributed by atoms with E-state index in [4.69, 9.17) is 16.3 Å². The van der Waals surface area contributed by atoms with E-state index < -0.39 is 0 Å². The Bertz CT molecular complexity index is 720. The quantitative estimate of drug-likeness (QED) is 0.705. The second-order valence-corrected chi connectivity index (χ2v) is 5.73. The molecule has 0 bridgehead atoms. The molecule has 2 aromatic rings. The van der Waals surface area contributed by atoms with Crippen LogP contribution in [0.15, 0.2) is 42.5 Å². The fourth-order valence-corrected chi connectivity index (χ4v) is 2.23. The summed E-state index contributed by atoms with van der Waals surface area (Å²) in [5, 5.41) is 6.14. The topological polar surface area (TPSA) is 80.3 Å². The van der Waals surface area contributed by atoms with E-state index in [9.17, 15) is 9.59 Å². The van der Waals surface area contributed by atoms with Gasteiger partial charge < -0.3 is 15.4 Å². The minimum atomic E-state index is -0.340. The molecule has 0 aliphatic carbocycles. The number of benzene rings is 1. The van der Waals surface area contributed by atoms with Crippen molar-refractivity contribution in [1.29, 1.82) is 0 Å². The van der Waals surface area contributed by atoms with Crippen LogP contribution in [0.1, 0.15) is 26.5 Å². The highest BCUT2D eigenvalue weighted by molar-refractivity contribution is 6.30. The lowest BCUT2D eigenvalue weighted by Gasteiger charge is -2.07. The number of rotatable bonds is 8. The van der Waals surface area contributed by atoms with Crippen molar-refractivity contribution in [2.24, 2.45) is 0 Å². The van der Waals surface area contributed by atoms with Crippen LogP contribution in [-0.4, -0.2) is 43.6 Å². The number of amides is 2. The van der Waals surface area contributed by atoms with E-state index in [-0.39, 0.29) is 23.2 Å². The summed E-state index contributed by atoms with van der Waals surface area (Å²) in [5.74, 6) is -0.659. The summed E-state index contributed by atoms with van der Waals surface area (Å²) in [6.07, 6.45) is 0.681. The van der Waals surface area contributed by atoms with Crippen molar-refractivity contribution >= 4 is 23.4 Å². The molecule has 1 aromatic carbocycles. The second-order valence-electron chi connectivity index (χ2n) is 5.29. The first-order valence-electron chi connectivity index (χ1n) is 7.87. The molecular weight excluding hydrogens is 342 g/mol. The van der Waals surface area contributed by atoms with E-state index in [1.807, 2.05) is 24.3 Å². The molecule has 6 nitrogen and oxygen atoms in total. The minimum Gasteiger partial charge on any atom is -0.383 e. The van der Waals surface area contributed by atoms with Gasteiger partial charge in [0, 0.05) is 25.2 Å². The fourth-order valence-electron chi connectivity index (χ4n) is 2.11. The van der Waals surface area contributed by atoms with Gasteiger partial charge in [0.25, 0.3) is 11.8 Å². The summed E-state index contributed by atoms with van der Waals surface area (Å²) in [7, 11) is 1.55.